The first-order valence-corrected chi connectivity index (χ1v) is 7.61. The van der Waals surface area contributed by atoms with Crippen molar-refractivity contribution in [3.63, 3.8) is 0 Å². The Labute approximate surface area is 136 Å². The van der Waals surface area contributed by atoms with Gasteiger partial charge in [-0.25, -0.2) is 4.68 Å². The van der Waals surface area contributed by atoms with E-state index in [1.54, 1.807) is 18.2 Å². The summed E-state index contributed by atoms with van der Waals surface area (Å²) in [6, 6.07) is 5.85. The average molecular weight is 332 g/mol. The number of hydrogen-bond acceptors (Lipinski definition) is 5. The first kappa shape index (κ1) is 14.8. The molecule has 0 saturated carbocycles. The summed E-state index contributed by atoms with van der Waals surface area (Å²) >= 11 is 0. The number of nitrogens with one attached hydrogen (secondary N) is 1. The second-order valence-electron chi connectivity index (χ2n) is 5.64. The molecular formula is C16H14F2N4O2. The van der Waals surface area contributed by atoms with E-state index in [-0.39, 0.29) is 11.5 Å². The molecule has 1 N–H and O–H groups in total. The Balaban J connectivity index is 1.90. The molecule has 2 heterocycles. The van der Waals surface area contributed by atoms with Gasteiger partial charge in [-0.2, -0.15) is 18.9 Å². The van der Waals surface area contributed by atoms with Crippen molar-refractivity contribution < 1.29 is 18.3 Å². The second kappa shape index (κ2) is 5.70. The number of anilines is 1. The van der Waals surface area contributed by atoms with E-state index in [0.717, 1.165) is 12.1 Å². The molecular weight excluding hydrogens is 318 g/mol. The van der Waals surface area contributed by atoms with Crippen molar-refractivity contribution in [2.45, 2.75) is 31.9 Å². The number of allylic oxidation sites excluding steroid dienone is 2. The maximum atomic E-state index is 12.8. The van der Waals surface area contributed by atoms with Crippen LogP contribution in [0, 0.1) is 0 Å². The standard InChI is InChI=1S/C16H14F2N4O2/c17-15(18)24-12-7-2-1-4-9(12)14-13-10(5-3-6-11(13)23)21-16-19-8-20-22(14)16/h1-2,4,7-8,14-15H,3,5-6H2,(H,19,20,21). The fourth-order valence-electron chi connectivity index (χ4n) is 3.29. The molecule has 24 heavy (non-hydrogen) atoms. The zero-order valence-corrected chi connectivity index (χ0v) is 12.6. The van der Waals surface area contributed by atoms with E-state index in [4.69, 9.17) is 0 Å². The molecule has 6 nitrogen and oxygen atoms in total. The molecule has 2 aliphatic rings. The van der Waals surface area contributed by atoms with Crippen LogP contribution >= 0.6 is 0 Å². The van der Waals surface area contributed by atoms with Crippen molar-refractivity contribution >= 4 is 11.7 Å². The molecule has 4 rings (SSSR count). The zero-order valence-electron chi connectivity index (χ0n) is 12.6. The van der Waals surface area contributed by atoms with Crippen molar-refractivity contribution in [1.82, 2.24) is 14.8 Å². The third-order valence-corrected chi connectivity index (χ3v) is 4.24. The molecule has 1 aliphatic heterocycles. The molecule has 8 heteroatoms. The van der Waals surface area contributed by atoms with Gasteiger partial charge in [-0.1, -0.05) is 18.2 Å². The van der Waals surface area contributed by atoms with Crippen molar-refractivity contribution in [1.29, 1.82) is 0 Å². The van der Waals surface area contributed by atoms with Crippen LogP contribution in [0.3, 0.4) is 0 Å². The third-order valence-electron chi connectivity index (χ3n) is 4.24. The number of halogens is 2. The Hall–Kier alpha value is -2.77. The van der Waals surface area contributed by atoms with E-state index < -0.39 is 12.7 Å². The number of rotatable bonds is 3. The van der Waals surface area contributed by atoms with Crippen LogP contribution in [0.25, 0.3) is 0 Å². The molecule has 1 aromatic heterocycles. The Bertz CT molecular complexity index is 831. The number of carbonyl (C=O) groups excluding carboxylic acids is 1. The van der Waals surface area contributed by atoms with Crippen LogP contribution in [0.15, 0.2) is 41.9 Å². The van der Waals surface area contributed by atoms with Gasteiger partial charge in [0.15, 0.2) is 5.78 Å². The lowest BCUT2D eigenvalue weighted by atomic mass is 9.85. The topological polar surface area (TPSA) is 69.0 Å². The van der Waals surface area contributed by atoms with Crippen LogP contribution in [0.2, 0.25) is 0 Å². The number of fused-ring (bicyclic) bond motifs is 1. The first-order valence-electron chi connectivity index (χ1n) is 7.61. The van der Waals surface area contributed by atoms with Gasteiger partial charge in [0.2, 0.25) is 5.95 Å². The largest absolute Gasteiger partial charge is 0.434 e. The highest BCUT2D eigenvalue weighted by molar-refractivity contribution is 5.99. The van der Waals surface area contributed by atoms with Gasteiger partial charge in [-0.05, 0) is 18.9 Å². The molecule has 0 amide bonds. The van der Waals surface area contributed by atoms with Gasteiger partial charge in [0.25, 0.3) is 0 Å². The molecule has 0 fully saturated rings. The molecule has 124 valence electrons. The number of ketones is 1. The number of hydrogen-bond donors (Lipinski definition) is 1. The predicted molar refractivity (Wildman–Crippen MR) is 80.7 cm³/mol. The van der Waals surface area contributed by atoms with Gasteiger partial charge >= 0.3 is 6.61 Å². The minimum absolute atomic E-state index is 0.0123. The van der Waals surface area contributed by atoms with Crippen LogP contribution in [0.1, 0.15) is 30.9 Å². The van der Waals surface area contributed by atoms with Gasteiger partial charge in [-0.15, -0.1) is 0 Å². The molecule has 0 bridgehead atoms. The summed E-state index contributed by atoms with van der Waals surface area (Å²) in [5.41, 5.74) is 1.79. The first-order chi connectivity index (χ1) is 11.6. The van der Waals surface area contributed by atoms with Crippen molar-refractivity contribution in [2.75, 3.05) is 5.32 Å². The molecule has 1 atom stereocenters. The summed E-state index contributed by atoms with van der Waals surface area (Å²) in [6.07, 6.45) is 3.26. The average Bonchev–Trinajstić information content (AvgIpc) is 3.01. The van der Waals surface area contributed by atoms with Gasteiger partial charge in [0, 0.05) is 23.3 Å². The van der Waals surface area contributed by atoms with E-state index >= 15 is 0 Å². The number of ether oxygens (including phenoxy) is 1. The summed E-state index contributed by atoms with van der Waals surface area (Å²) in [4.78, 5) is 16.7. The normalized spacial score (nSPS) is 19.8. The Morgan fingerprint density at radius 3 is 2.96 bits per heavy atom. The molecule has 1 aromatic carbocycles. The number of benzene rings is 1. The Kier molecular flexibility index (Phi) is 3.51. The Morgan fingerprint density at radius 2 is 2.12 bits per heavy atom. The minimum Gasteiger partial charge on any atom is -0.434 e. The summed E-state index contributed by atoms with van der Waals surface area (Å²) in [5.74, 6) is 0.508. The highest BCUT2D eigenvalue weighted by Gasteiger charge is 2.37. The van der Waals surface area contributed by atoms with E-state index in [2.05, 4.69) is 20.1 Å². The number of nitrogens with zero attached hydrogens (tertiary/aromatic N) is 3. The number of carbonyl (C=O) groups is 1. The number of alkyl halides is 2. The summed E-state index contributed by atoms with van der Waals surface area (Å²) in [7, 11) is 0. The monoisotopic (exact) mass is 332 g/mol. The summed E-state index contributed by atoms with van der Waals surface area (Å²) in [5, 5.41) is 7.30. The van der Waals surface area contributed by atoms with Crippen LogP contribution in [-0.4, -0.2) is 27.2 Å². The van der Waals surface area contributed by atoms with Crippen molar-refractivity contribution in [3.8, 4) is 5.75 Å². The predicted octanol–water partition coefficient (Wildman–Crippen LogP) is 2.90. The summed E-state index contributed by atoms with van der Waals surface area (Å²) < 4.78 is 31.7. The van der Waals surface area contributed by atoms with Crippen molar-refractivity contribution in [3.05, 3.63) is 47.4 Å². The van der Waals surface area contributed by atoms with E-state index in [1.165, 1.54) is 17.1 Å². The lowest BCUT2D eigenvalue weighted by Gasteiger charge is -2.32. The zero-order chi connectivity index (χ0) is 16.7. The molecule has 2 aromatic rings. The number of Topliss-reactive ketones (excluding diaryl/α,β-unsaturated/α-hetero) is 1. The van der Waals surface area contributed by atoms with Crippen LogP contribution in [0.5, 0.6) is 5.75 Å². The number of para-hydroxylation sites is 1. The van der Waals surface area contributed by atoms with Crippen LogP contribution in [-0.2, 0) is 4.79 Å². The Morgan fingerprint density at radius 1 is 1.29 bits per heavy atom. The minimum atomic E-state index is -2.95. The second-order valence-corrected chi connectivity index (χ2v) is 5.64. The molecule has 0 saturated heterocycles. The van der Waals surface area contributed by atoms with Crippen LogP contribution in [0.4, 0.5) is 14.7 Å². The molecule has 1 unspecified atom stereocenters. The highest BCUT2D eigenvalue weighted by Crippen LogP contribution is 2.42. The van der Waals surface area contributed by atoms with Gasteiger partial charge in [0.1, 0.15) is 18.1 Å². The molecule has 0 spiro atoms. The molecule has 1 aliphatic carbocycles. The fraction of sp³-hybridized carbons (Fsp3) is 0.312. The quantitative estimate of drug-likeness (QED) is 0.936. The van der Waals surface area contributed by atoms with Gasteiger partial charge in [-0.3, -0.25) is 4.79 Å². The van der Waals surface area contributed by atoms with Gasteiger partial charge < -0.3 is 10.1 Å². The fourth-order valence-corrected chi connectivity index (χ4v) is 3.29. The maximum absolute atomic E-state index is 12.8. The van der Waals surface area contributed by atoms with E-state index in [9.17, 15) is 13.6 Å². The van der Waals surface area contributed by atoms with Crippen molar-refractivity contribution in [2.24, 2.45) is 0 Å². The summed E-state index contributed by atoms with van der Waals surface area (Å²) in [6.45, 7) is -2.95. The van der Waals surface area contributed by atoms with E-state index in [0.29, 0.717) is 29.9 Å². The SMILES string of the molecule is O=C1CCCC2=C1C(c1ccccc1OC(F)F)n1ncnc1N2. The highest BCUT2D eigenvalue weighted by atomic mass is 19.3. The number of aromatic nitrogens is 3. The lowest BCUT2D eigenvalue weighted by molar-refractivity contribution is -0.116. The lowest BCUT2D eigenvalue weighted by Crippen LogP contribution is -2.31. The maximum Gasteiger partial charge on any atom is 0.387 e. The van der Waals surface area contributed by atoms with E-state index in [1.807, 2.05) is 0 Å². The van der Waals surface area contributed by atoms with Gasteiger partial charge in [0.05, 0.1) is 0 Å². The smallest absolute Gasteiger partial charge is 0.387 e. The third kappa shape index (κ3) is 2.34. The van der Waals surface area contributed by atoms with Crippen LogP contribution < -0.4 is 10.1 Å². The molecule has 0 radical (unpaired) electrons.